The molecule has 0 radical (unpaired) electrons. The fourth-order valence-corrected chi connectivity index (χ4v) is 8.95. The normalized spacial score (nSPS) is 11.5. The Balaban J connectivity index is 0.966. The van der Waals surface area contributed by atoms with Crippen LogP contribution in [0, 0.1) is 0 Å². The molecular weight excluding hydrogens is 767 g/mol. The second-order valence-electron chi connectivity index (χ2n) is 16.0. The lowest BCUT2D eigenvalue weighted by atomic mass is 9.95. The summed E-state index contributed by atoms with van der Waals surface area (Å²) in [5.41, 5.74) is 13.4. The molecule has 4 heteroatoms. The summed E-state index contributed by atoms with van der Waals surface area (Å²) in [4.78, 5) is 15.6. The molecule has 294 valence electrons. The third kappa shape index (κ3) is 6.62. The number of benzene rings is 10. The lowest BCUT2D eigenvalue weighted by Crippen LogP contribution is -2.00. The fourth-order valence-electron chi connectivity index (χ4n) is 8.95. The van der Waals surface area contributed by atoms with Crippen LogP contribution in [0.1, 0.15) is 0 Å². The standard InChI is InChI=1S/C59H37N3O/c1-2-11-38(12-3-1)40-23-32-45(33-24-40)57-60-58(46-34-25-41(26-35-46)48-36-27-39-13-4-5-15-47(39)37-48)62-59(61-57)53-21-10-22-54-55(53)52-20-9-19-51(56(52)63-54)44-30-28-43(29-31-44)50-18-8-16-42-14-6-7-17-49(42)50/h1-37H. The van der Waals surface area contributed by atoms with E-state index in [1.807, 2.05) is 18.2 Å². The zero-order valence-corrected chi connectivity index (χ0v) is 34.1. The number of para-hydroxylation sites is 1. The highest BCUT2D eigenvalue weighted by molar-refractivity contribution is 6.15. The molecule has 4 nitrogen and oxygen atoms in total. The summed E-state index contributed by atoms with van der Waals surface area (Å²) in [6.45, 7) is 0. The van der Waals surface area contributed by atoms with Crippen LogP contribution in [0.25, 0.3) is 122 Å². The minimum atomic E-state index is 0.582. The van der Waals surface area contributed by atoms with Crippen molar-refractivity contribution in [2.24, 2.45) is 0 Å². The molecule has 2 heterocycles. The molecule has 0 aliphatic carbocycles. The molecule has 0 N–H and O–H groups in total. The number of rotatable bonds is 7. The van der Waals surface area contributed by atoms with Crippen LogP contribution in [0.15, 0.2) is 229 Å². The smallest absolute Gasteiger partial charge is 0.164 e. The Morgan fingerprint density at radius 2 is 0.746 bits per heavy atom. The van der Waals surface area contributed by atoms with Gasteiger partial charge in [0.15, 0.2) is 17.5 Å². The van der Waals surface area contributed by atoms with E-state index < -0.39 is 0 Å². The highest BCUT2D eigenvalue weighted by Gasteiger charge is 2.20. The van der Waals surface area contributed by atoms with E-state index in [0.29, 0.717) is 17.5 Å². The van der Waals surface area contributed by atoms with Gasteiger partial charge >= 0.3 is 0 Å². The molecule has 0 bridgehead atoms. The van der Waals surface area contributed by atoms with Gasteiger partial charge in [0, 0.05) is 33.0 Å². The van der Waals surface area contributed by atoms with E-state index in [1.54, 1.807) is 0 Å². The van der Waals surface area contributed by atoms with Crippen LogP contribution < -0.4 is 0 Å². The number of hydrogen-bond acceptors (Lipinski definition) is 4. The zero-order valence-electron chi connectivity index (χ0n) is 34.1. The van der Waals surface area contributed by atoms with Gasteiger partial charge in [0.2, 0.25) is 0 Å². The van der Waals surface area contributed by atoms with Crippen molar-refractivity contribution in [2.75, 3.05) is 0 Å². The number of aromatic nitrogens is 3. The van der Waals surface area contributed by atoms with Crippen LogP contribution in [-0.4, -0.2) is 15.0 Å². The van der Waals surface area contributed by atoms with Gasteiger partial charge in [-0.1, -0.05) is 212 Å². The lowest BCUT2D eigenvalue weighted by molar-refractivity contribution is 0.670. The molecule has 0 aliphatic rings. The van der Waals surface area contributed by atoms with Gasteiger partial charge in [-0.2, -0.15) is 0 Å². The quantitative estimate of drug-likeness (QED) is 0.161. The minimum absolute atomic E-state index is 0.582. The first kappa shape index (κ1) is 36.4. The van der Waals surface area contributed by atoms with E-state index in [2.05, 4.69) is 206 Å². The molecule has 12 rings (SSSR count). The first-order valence-corrected chi connectivity index (χ1v) is 21.2. The van der Waals surface area contributed by atoms with E-state index in [9.17, 15) is 0 Å². The summed E-state index contributed by atoms with van der Waals surface area (Å²) in [6, 6.07) is 78.8. The molecule has 10 aromatic carbocycles. The second-order valence-corrected chi connectivity index (χ2v) is 16.0. The second kappa shape index (κ2) is 15.2. The molecule has 0 saturated heterocycles. The van der Waals surface area contributed by atoms with Crippen molar-refractivity contribution in [1.29, 1.82) is 0 Å². The van der Waals surface area contributed by atoms with E-state index in [0.717, 1.165) is 72.0 Å². The average molecular weight is 804 g/mol. The molecule has 0 aliphatic heterocycles. The molecule has 0 spiro atoms. The molecule has 0 amide bonds. The van der Waals surface area contributed by atoms with Crippen molar-refractivity contribution >= 4 is 43.5 Å². The van der Waals surface area contributed by atoms with E-state index in [1.165, 1.54) is 32.7 Å². The summed E-state index contributed by atoms with van der Waals surface area (Å²) in [5.74, 6) is 1.79. The van der Waals surface area contributed by atoms with Crippen molar-refractivity contribution in [3.05, 3.63) is 224 Å². The maximum absolute atomic E-state index is 6.77. The minimum Gasteiger partial charge on any atom is -0.455 e. The van der Waals surface area contributed by atoms with Crippen molar-refractivity contribution in [3.63, 3.8) is 0 Å². The summed E-state index contributed by atoms with van der Waals surface area (Å²) >= 11 is 0. The Bertz CT molecular complexity index is 3640. The zero-order chi connectivity index (χ0) is 41.7. The molecule has 12 aromatic rings. The Hall–Kier alpha value is -8.47. The van der Waals surface area contributed by atoms with Crippen LogP contribution in [-0.2, 0) is 0 Å². The maximum atomic E-state index is 6.77. The van der Waals surface area contributed by atoms with E-state index in [-0.39, 0.29) is 0 Å². The third-order valence-corrected chi connectivity index (χ3v) is 12.2. The van der Waals surface area contributed by atoms with Gasteiger partial charge < -0.3 is 4.42 Å². The highest BCUT2D eigenvalue weighted by Crippen LogP contribution is 2.41. The molecule has 0 saturated carbocycles. The first-order valence-electron chi connectivity index (χ1n) is 21.2. The lowest BCUT2D eigenvalue weighted by Gasteiger charge is -2.11. The summed E-state index contributed by atoms with van der Waals surface area (Å²) in [7, 11) is 0. The first-order chi connectivity index (χ1) is 31.2. The molecule has 0 unspecified atom stereocenters. The molecular formula is C59H37N3O. The molecule has 0 fully saturated rings. The molecule has 63 heavy (non-hydrogen) atoms. The van der Waals surface area contributed by atoms with Crippen LogP contribution in [0.4, 0.5) is 0 Å². The Kier molecular flexibility index (Phi) is 8.79. The van der Waals surface area contributed by atoms with E-state index in [4.69, 9.17) is 19.4 Å². The Morgan fingerprint density at radius 3 is 1.49 bits per heavy atom. The van der Waals surface area contributed by atoms with Crippen molar-refractivity contribution in [1.82, 2.24) is 15.0 Å². The number of nitrogens with zero attached hydrogens (tertiary/aromatic N) is 3. The number of hydrogen-bond donors (Lipinski definition) is 0. The monoisotopic (exact) mass is 803 g/mol. The Labute approximate surface area is 364 Å². The summed E-state index contributed by atoms with van der Waals surface area (Å²) < 4.78 is 6.77. The van der Waals surface area contributed by atoms with Crippen molar-refractivity contribution < 1.29 is 4.42 Å². The van der Waals surface area contributed by atoms with Gasteiger partial charge in [-0.05, 0) is 72.6 Å². The van der Waals surface area contributed by atoms with Crippen LogP contribution in [0.2, 0.25) is 0 Å². The summed E-state index contributed by atoms with van der Waals surface area (Å²) in [5, 5.41) is 6.89. The predicted molar refractivity (Wildman–Crippen MR) is 260 cm³/mol. The van der Waals surface area contributed by atoms with Crippen LogP contribution >= 0.6 is 0 Å². The third-order valence-electron chi connectivity index (χ3n) is 12.2. The predicted octanol–water partition coefficient (Wildman–Crippen LogP) is 15.7. The largest absolute Gasteiger partial charge is 0.455 e. The van der Waals surface area contributed by atoms with E-state index >= 15 is 0 Å². The van der Waals surface area contributed by atoms with Crippen molar-refractivity contribution in [3.8, 4) is 78.7 Å². The van der Waals surface area contributed by atoms with Crippen molar-refractivity contribution in [2.45, 2.75) is 0 Å². The van der Waals surface area contributed by atoms with Gasteiger partial charge in [0.1, 0.15) is 11.2 Å². The highest BCUT2D eigenvalue weighted by atomic mass is 16.3. The SMILES string of the molecule is c1ccc(-c2ccc(-c3nc(-c4ccc(-c5ccc6ccccc6c5)cc4)nc(-c4cccc5oc6c(-c7ccc(-c8cccc9ccccc89)cc7)cccc6c45)n3)cc2)cc1. The molecule has 0 atom stereocenters. The average Bonchev–Trinajstić information content (AvgIpc) is 3.76. The fraction of sp³-hybridized carbons (Fsp3) is 0. The summed E-state index contributed by atoms with van der Waals surface area (Å²) in [6.07, 6.45) is 0. The number of furan rings is 1. The van der Waals surface area contributed by atoms with Gasteiger partial charge in [0.05, 0.1) is 0 Å². The Morgan fingerprint density at radius 1 is 0.270 bits per heavy atom. The van der Waals surface area contributed by atoms with Crippen LogP contribution in [0.3, 0.4) is 0 Å². The molecule has 2 aromatic heterocycles. The van der Waals surface area contributed by atoms with Gasteiger partial charge in [-0.3, -0.25) is 0 Å². The maximum Gasteiger partial charge on any atom is 0.164 e. The van der Waals surface area contributed by atoms with Crippen LogP contribution in [0.5, 0.6) is 0 Å². The van der Waals surface area contributed by atoms with Gasteiger partial charge in [-0.15, -0.1) is 0 Å². The van der Waals surface area contributed by atoms with Gasteiger partial charge in [0.25, 0.3) is 0 Å². The number of fused-ring (bicyclic) bond motifs is 5. The van der Waals surface area contributed by atoms with Gasteiger partial charge in [-0.25, -0.2) is 15.0 Å². The topological polar surface area (TPSA) is 51.8 Å².